The number of carbonyl (C=O) groups excluding carboxylic acids is 1. The van der Waals surface area contributed by atoms with Gasteiger partial charge in [-0.15, -0.1) is 0 Å². The van der Waals surface area contributed by atoms with E-state index in [0.29, 0.717) is 10.6 Å². The van der Waals surface area contributed by atoms with Crippen LogP contribution < -0.4 is 10.6 Å². The largest absolute Gasteiger partial charge is 0.478 e. The molecule has 5 nitrogen and oxygen atoms in total. The van der Waals surface area contributed by atoms with Crippen LogP contribution in [0.5, 0.6) is 0 Å². The van der Waals surface area contributed by atoms with Crippen molar-refractivity contribution in [1.29, 1.82) is 0 Å². The van der Waals surface area contributed by atoms with Crippen LogP contribution >= 0.6 is 47.0 Å². The molecule has 0 aliphatic carbocycles. The molecule has 124 valence electrons. The molecular weight excluding hydrogens is 395 g/mol. The molecule has 0 aliphatic heterocycles. The molecule has 0 spiro atoms. The highest BCUT2D eigenvalue weighted by Gasteiger charge is 2.15. The second kappa shape index (κ2) is 7.81. The summed E-state index contributed by atoms with van der Waals surface area (Å²) >= 11 is 22.7. The number of rotatable bonds is 3. The number of aromatic carboxylic acids is 1. The highest BCUT2D eigenvalue weighted by atomic mass is 35.5. The van der Waals surface area contributed by atoms with Crippen LogP contribution in [-0.2, 0) is 0 Å². The van der Waals surface area contributed by atoms with Crippen LogP contribution in [0, 0.1) is 0 Å². The van der Waals surface area contributed by atoms with Gasteiger partial charge >= 0.3 is 5.97 Å². The molecule has 2 aromatic rings. The molecule has 0 aromatic heterocycles. The van der Waals surface area contributed by atoms with E-state index < -0.39 is 11.9 Å². The maximum Gasteiger partial charge on any atom is 0.337 e. The van der Waals surface area contributed by atoms with E-state index in [-0.39, 0.29) is 26.4 Å². The van der Waals surface area contributed by atoms with E-state index in [9.17, 15) is 9.59 Å². The van der Waals surface area contributed by atoms with Crippen molar-refractivity contribution in [1.82, 2.24) is 5.32 Å². The summed E-state index contributed by atoms with van der Waals surface area (Å²) in [6.07, 6.45) is 0. The van der Waals surface area contributed by atoms with Crippen LogP contribution in [0.1, 0.15) is 20.7 Å². The Labute approximate surface area is 157 Å². The minimum absolute atomic E-state index is 0.00747. The standard InChI is InChI=1S/C15H9Cl3N2O3S/c16-8-3-1-2-7(4-8)13(21)20-15(24)19-12-5-9(14(22)23)10(17)6-11(12)18/h1-6H,(H,22,23)(H2,19,20,21,24). The zero-order chi connectivity index (χ0) is 17.9. The quantitative estimate of drug-likeness (QED) is 0.659. The number of carbonyl (C=O) groups is 2. The second-order valence-corrected chi connectivity index (χ2v) is 6.19. The first-order valence-corrected chi connectivity index (χ1v) is 7.92. The molecule has 0 bridgehead atoms. The minimum Gasteiger partial charge on any atom is -0.478 e. The van der Waals surface area contributed by atoms with Crippen molar-refractivity contribution in [3.8, 4) is 0 Å². The van der Waals surface area contributed by atoms with E-state index in [2.05, 4.69) is 10.6 Å². The summed E-state index contributed by atoms with van der Waals surface area (Å²) in [5.41, 5.74) is 0.377. The van der Waals surface area contributed by atoms with E-state index in [1.54, 1.807) is 18.2 Å². The van der Waals surface area contributed by atoms with Crippen molar-refractivity contribution in [3.63, 3.8) is 0 Å². The highest BCUT2D eigenvalue weighted by molar-refractivity contribution is 7.80. The van der Waals surface area contributed by atoms with Gasteiger partial charge in [-0.25, -0.2) is 4.79 Å². The molecule has 0 aliphatic rings. The fraction of sp³-hybridized carbons (Fsp3) is 0. The molecule has 9 heteroatoms. The lowest BCUT2D eigenvalue weighted by molar-refractivity contribution is 0.0697. The maximum absolute atomic E-state index is 12.1. The third-order valence-corrected chi connectivity index (χ3v) is 3.91. The summed E-state index contributed by atoms with van der Waals surface area (Å²) in [5, 5.41) is 14.7. The van der Waals surface area contributed by atoms with Crippen LogP contribution in [0.25, 0.3) is 0 Å². The highest BCUT2D eigenvalue weighted by Crippen LogP contribution is 2.29. The zero-order valence-corrected chi connectivity index (χ0v) is 14.9. The smallest absolute Gasteiger partial charge is 0.337 e. The number of hydrogen-bond acceptors (Lipinski definition) is 3. The van der Waals surface area contributed by atoms with Gasteiger partial charge < -0.3 is 10.4 Å². The van der Waals surface area contributed by atoms with Gasteiger partial charge in [-0.05, 0) is 42.5 Å². The molecule has 0 heterocycles. The molecule has 0 radical (unpaired) electrons. The Bertz CT molecular complexity index is 843. The number of benzene rings is 2. The van der Waals surface area contributed by atoms with Crippen LogP contribution in [-0.4, -0.2) is 22.1 Å². The average Bonchev–Trinajstić information content (AvgIpc) is 2.49. The first kappa shape index (κ1) is 18.5. The number of halogens is 3. The summed E-state index contributed by atoms with van der Waals surface area (Å²) in [5.74, 6) is -1.69. The van der Waals surface area contributed by atoms with E-state index in [0.717, 1.165) is 0 Å². The van der Waals surface area contributed by atoms with Crippen LogP contribution in [0.3, 0.4) is 0 Å². The van der Waals surface area contributed by atoms with Gasteiger partial charge in [-0.3, -0.25) is 10.1 Å². The zero-order valence-electron chi connectivity index (χ0n) is 11.8. The Morgan fingerprint density at radius 1 is 1.04 bits per heavy atom. The van der Waals surface area contributed by atoms with E-state index in [1.165, 1.54) is 18.2 Å². The first-order valence-electron chi connectivity index (χ1n) is 6.38. The Hall–Kier alpha value is -1.86. The molecule has 1 amide bonds. The molecule has 2 aromatic carbocycles. The lowest BCUT2D eigenvalue weighted by Crippen LogP contribution is -2.34. The van der Waals surface area contributed by atoms with E-state index >= 15 is 0 Å². The number of hydrogen-bond donors (Lipinski definition) is 3. The van der Waals surface area contributed by atoms with Gasteiger partial charge in [-0.2, -0.15) is 0 Å². The first-order chi connectivity index (χ1) is 11.3. The molecule has 2 rings (SSSR count). The lowest BCUT2D eigenvalue weighted by atomic mass is 10.2. The molecule has 0 saturated heterocycles. The number of carboxylic acid groups (broad SMARTS) is 1. The van der Waals surface area contributed by atoms with Gasteiger partial charge in [0.15, 0.2) is 5.11 Å². The fourth-order valence-corrected chi connectivity index (χ4v) is 2.67. The maximum atomic E-state index is 12.1. The molecule has 24 heavy (non-hydrogen) atoms. The van der Waals surface area contributed by atoms with E-state index in [1.807, 2.05) is 0 Å². The molecule has 0 unspecified atom stereocenters. The predicted octanol–water partition coefficient (Wildman–Crippen LogP) is 4.47. The normalized spacial score (nSPS) is 10.1. The summed E-state index contributed by atoms with van der Waals surface area (Å²) in [6.45, 7) is 0. The third-order valence-electron chi connectivity index (χ3n) is 2.85. The van der Waals surface area contributed by atoms with Crippen LogP contribution in [0.2, 0.25) is 15.1 Å². The molecule has 0 saturated carbocycles. The summed E-state index contributed by atoms with van der Waals surface area (Å²) in [4.78, 5) is 23.2. The monoisotopic (exact) mass is 402 g/mol. The number of amides is 1. The van der Waals surface area contributed by atoms with Crippen molar-refractivity contribution in [2.75, 3.05) is 5.32 Å². The Morgan fingerprint density at radius 2 is 1.75 bits per heavy atom. The Kier molecular flexibility index (Phi) is 6.01. The van der Waals surface area contributed by atoms with Gasteiger partial charge in [-0.1, -0.05) is 40.9 Å². The van der Waals surface area contributed by atoms with Gasteiger partial charge in [0.25, 0.3) is 5.91 Å². The number of carboxylic acids is 1. The van der Waals surface area contributed by atoms with Gasteiger partial charge in [0, 0.05) is 10.6 Å². The number of thiocarbonyl (C=S) groups is 1. The van der Waals surface area contributed by atoms with Crippen molar-refractivity contribution in [2.45, 2.75) is 0 Å². The average molecular weight is 404 g/mol. The van der Waals surface area contributed by atoms with Crippen molar-refractivity contribution in [3.05, 3.63) is 62.6 Å². The minimum atomic E-state index is -1.21. The summed E-state index contributed by atoms with van der Waals surface area (Å²) < 4.78 is 0. The molecule has 0 atom stereocenters. The Morgan fingerprint density at radius 3 is 2.38 bits per heavy atom. The van der Waals surface area contributed by atoms with Gasteiger partial charge in [0.05, 0.1) is 21.3 Å². The third kappa shape index (κ3) is 4.58. The number of anilines is 1. The van der Waals surface area contributed by atoms with E-state index in [4.69, 9.17) is 52.1 Å². The molecular formula is C15H9Cl3N2O3S. The summed E-state index contributed by atoms with van der Waals surface area (Å²) in [7, 11) is 0. The van der Waals surface area contributed by atoms with Gasteiger partial charge in [0.1, 0.15) is 0 Å². The topological polar surface area (TPSA) is 78.4 Å². The SMILES string of the molecule is O=C(NC(=S)Nc1cc(C(=O)O)c(Cl)cc1Cl)c1cccc(Cl)c1. The Balaban J connectivity index is 2.14. The number of nitrogens with one attached hydrogen (secondary N) is 2. The predicted molar refractivity (Wildman–Crippen MR) is 98.6 cm³/mol. The summed E-state index contributed by atoms with van der Waals surface area (Å²) in [6, 6.07) is 8.82. The lowest BCUT2D eigenvalue weighted by Gasteiger charge is -2.12. The fourth-order valence-electron chi connectivity index (χ4n) is 1.77. The molecule has 3 N–H and O–H groups in total. The van der Waals surface area contributed by atoms with Crippen molar-refractivity contribution in [2.24, 2.45) is 0 Å². The van der Waals surface area contributed by atoms with Crippen LogP contribution in [0.4, 0.5) is 5.69 Å². The van der Waals surface area contributed by atoms with Crippen molar-refractivity contribution < 1.29 is 14.7 Å². The molecule has 0 fully saturated rings. The second-order valence-electron chi connectivity index (χ2n) is 4.54. The van der Waals surface area contributed by atoms with Crippen LogP contribution in [0.15, 0.2) is 36.4 Å². The van der Waals surface area contributed by atoms with Crippen molar-refractivity contribution >= 4 is 69.7 Å². The van der Waals surface area contributed by atoms with Gasteiger partial charge in [0.2, 0.25) is 0 Å².